The van der Waals surface area contributed by atoms with Gasteiger partial charge >= 0.3 is 0 Å². The zero-order chi connectivity index (χ0) is 32.3. The van der Waals surface area contributed by atoms with E-state index < -0.39 is 7.14 Å². The summed E-state index contributed by atoms with van der Waals surface area (Å²) in [6.45, 7) is 16.9. The molecule has 11 heteroatoms. The fraction of sp³-hybridized carbons (Fsp3) is 0.529. The zero-order valence-electron chi connectivity index (χ0n) is 28.5. The molecule has 0 radical (unpaired) electrons. The van der Waals surface area contributed by atoms with E-state index in [0.717, 1.165) is 47.4 Å². The van der Waals surface area contributed by atoms with Gasteiger partial charge in [0.05, 0.1) is 18.5 Å². The van der Waals surface area contributed by atoms with Crippen molar-refractivity contribution in [3.63, 3.8) is 0 Å². The van der Waals surface area contributed by atoms with Gasteiger partial charge in [-0.25, -0.2) is 4.98 Å². The Morgan fingerprint density at radius 2 is 1.73 bits per heavy atom. The molecule has 2 N–H and O–H groups in total. The average Bonchev–Trinajstić information content (AvgIpc) is 3.02. The number of nitrogens with zero attached hydrogens (tertiary/aromatic N) is 5. The van der Waals surface area contributed by atoms with Crippen molar-refractivity contribution in [1.29, 1.82) is 0 Å². The molecule has 2 aliphatic heterocycles. The summed E-state index contributed by atoms with van der Waals surface area (Å²) in [5.74, 6) is 2.27. The van der Waals surface area contributed by atoms with Gasteiger partial charge in [-0.05, 0) is 80.3 Å². The van der Waals surface area contributed by atoms with Gasteiger partial charge in [-0.2, -0.15) is 4.98 Å². The summed E-state index contributed by atoms with van der Waals surface area (Å²) in [5, 5.41) is 7.73. The zero-order valence-corrected chi connectivity index (χ0v) is 29.4. The van der Waals surface area contributed by atoms with Crippen LogP contribution in [0.2, 0.25) is 0 Å². The number of likely N-dealkylation sites (N-methyl/N-ethyl adjacent to an activating group) is 1. The molecule has 2 saturated heterocycles. The summed E-state index contributed by atoms with van der Waals surface area (Å²) in [7, 11) is 3.38. The molecular formula is C34H51BN7O2P. The number of hydrogen-bond donors (Lipinski definition) is 2. The summed E-state index contributed by atoms with van der Waals surface area (Å²) < 4.78 is 19.2. The Kier molecular flexibility index (Phi) is 10.5. The predicted molar refractivity (Wildman–Crippen MR) is 193 cm³/mol. The van der Waals surface area contributed by atoms with E-state index in [0.29, 0.717) is 23.7 Å². The van der Waals surface area contributed by atoms with Crippen molar-refractivity contribution in [2.45, 2.75) is 52.0 Å². The lowest BCUT2D eigenvalue weighted by Crippen LogP contribution is -2.52. The molecule has 3 heterocycles. The number of aryl methyl sites for hydroxylation is 1. The molecule has 5 rings (SSSR count). The largest absolute Gasteiger partial charge is 0.494 e. The van der Waals surface area contributed by atoms with Crippen molar-refractivity contribution in [2.75, 3.05) is 82.3 Å². The van der Waals surface area contributed by atoms with E-state index in [1.54, 1.807) is 7.11 Å². The highest BCUT2D eigenvalue weighted by atomic mass is 31.2. The van der Waals surface area contributed by atoms with Crippen LogP contribution in [0, 0.1) is 0 Å². The van der Waals surface area contributed by atoms with E-state index in [1.165, 1.54) is 55.8 Å². The quantitative estimate of drug-likeness (QED) is 0.250. The fourth-order valence-electron chi connectivity index (χ4n) is 6.45. The molecule has 242 valence electrons. The van der Waals surface area contributed by atoms with Crippen molar-refractivity contribution in [3.05, 3.63) is 47.7 Å². The molecule has 3 aromatic rings. The molecule has 2 aromatic carbocycles. The number of hydrogen-bond acceptors (Lipinski definition) is 9. The minimum atomic E-state index is -2.54. The van der Waals surface area contributed by atoms with E-state index in [9.17, 15) is 4.57 Å². The van der Waals surface area contributed by atoms with Gasteiger partial charge in [0.25, 0.3) is 0 Å². The first-order chi connectivity index (χ1) is 21.5. The lowest BCUT2D eigenvalue weighted by atomic mass is 9.98. The van der Waals surface area contributed by atoms with Gasteiger partial charge in [0.15, 0.2) is 0 Å². The number of piperidine rings is 1. The minimum Gasteiger partial charge on any atom is -0.494 e. The average molecular weight is 632 g/mol. The summed E-state index contributed by atoms with van der Waals surface area (Å²) in [6, 6.07) is 11.2. The number of nitrogens with one attached hydrogen (secondary N) is 2. The maximum Gasteiger partial charge on any atom is 0.229 e. The molecule has 0 unspecified atom stereocenters. The highest BCUT2D eigenvalue weighted by Gasteiger charge is 2.28. The molecule has 0 aliphatic carbocycles. The molecule has 45 heavy (non-hydrogen) atoms. The van der Waals surface area contributed by atoms with Crippen molar-refractivity contribution < 1.29 is 9.30 Å². The van der Waals surface area contributed by atoms with Crippen molar-refractivity contribution in [1.82, 2.24) is 19.8 Å². The Morgan fingerprint density at radius 3 is 2.36 bits per heavy atom. The van der Waals surface area contributed by atoms with Gasteiger partial charge in [-0.15, -0.1) is 0 Å². The second-order valence-corrected chi connectivity index (χ2v) is 16.5. The van der Waals surface area contributed by atoms with Crippen molar-refractivity contribution in [3.8, 4) is 5.75 Å². The van der Waals surface area contributed by atoms with Crippen LogP contribution in [0.25, 0.3) is 0 Å². The third kappa shape index (κ3) is 7.85. The Labute approximate surface area is 270 Å². The SMILES string of the molecule is Bc1cnc(Nc2cc(CC)c(N3CCC(N4CCN(C)CC4)CC3)cc2OC)nc1Nc1ccc(C(C)C)cc1P(C)(C)=O. The molecule has 0 bridgehead atoms. The minimum absolute atomic E-state index is 0.351. The Balaban J connectivity index is 1.35. The van der Waals surface area contributed by atoms with Crippen LogP contribution in [-0.4, -0.2) is 100 Å². The van der Waals surface area contributed by atoms with Gasteiger partial charge in [0, 0.05) is 68.6 Å². The van der Waals surface area contributed by atoms with Gasteiger partial charge in [-0.1, -0.05) is 26.8 Å². The normalized spacial score (nSPS) is 17.1. The first-order valence-electron chi connectivity index (χ1n) is 16.4. The van der Waals surface area contributed by atoms with Crippen LogP contribution in [0.3, 0.4) is 0 Å². The number of anilines is 5. The number of ether oxygens (including phenoxy) is 1. The van der Waals surface area contributed by atoms with Gasteiger partial charge in [-0.3, -0.25) is 4.90 Å². The number of rotatable bonds is 10. The van der Waals surface area contributed by atoms with Crippen LogP contribution >= 0.6 is 7.14 Å². The highest BCUT2D eigenvalue weighted by Crippen LogP contribution is 2.40. The number of benzene rings is 2. The van der Waals surface area contributed by atoms with E-state index in [-0.39, 0.29) is 0 Å². The molecule has 0 spiro atoms. The summed E-state index contributed by atoms with van der Waals surface area (Å²) in [6.07, 6.45) is 5.10. The summed E-state index contributed by atoms with van der Waals surface area (Å²) >= 11 is 0. The van der Waals surface area contributed by atoms with E-state index >= 15 is 0 Å². The second-order valence-electron chi connectivity index (χ2n) is 13.3. The van der Waals surface area contributed by atoms with Crippen LogP contribution in [0.5, 0.6) is 5.75 Å². The molecule has 0 amide bonds. The molecule has 2 aliphatic rings. The molecular weight excluding hydrogens is 580 g/mol. The van der Waals surface area contributed by atoms with Crippen molar-refractivity contribution >= 4 is 54.6 Å². The lowest BCUT2D eigenvalue weighted by molar-refractivity contribution is 0.0982. The molecule has 0 atom stereocenters. The maximum absolute atomic E-state index is 13.3. The van der Waals surface area contributed by atoms with E-state index in [1.807, 2.05) is 33.4 Å². The first-order valence-corrected chi connectivity index (χ1v) is 19.0. The Morgan fingerprint density at radius 1 is 1.02 bits per heavy atom. The smallest absolute Gasteiger partial charge is 0.229 e. The highest BCUT2D eigenvalue weighted by molar-refractivity contribution is 7.70. The van der Waals surface area contributed by atoms with Gasteiger partial charge in [0.1, 0.15) is 26.6 Å². The topological polar surface area (TPSA) is 85.9 Å². The number of piperazine rings is 1. The van der Waals surface area contributed by atoms with E-state index in [2.05, 4.69) is 82.4 Å². The van der Waals surface area contributed by atoms with Crippen LogP contribution in [-0.2, 0) is 11.0 Å². The van der Waals surface area contributed by atoms with Crippen LogP contribution in [0.4, 0.5) is 28.8 Å². The van der Waals surface area contributed by atoms with Crippen LogP contribution in [0.1, 0.15) is 50.7 Å². The van der Waals surface area contributed by atoms with Gasteiger partial charge in [0.2, 0.25) is 5.95 Å². The van der Waals surface area contributed by atoms with Crippen LogP contribution < -0.4 is 31.0 Å². The third-order valence-electron chi connectivity index (χ3n) is 9.38. The summed E-state index contributed by atoms with van der Waals surface area (Å²) in [4.78, 5) is 17.1. The number of aromatic nitrogens is 2. The first kappa shape index (κ1) is 33.3. The summed E-state index contributed by atoms with van der Waals surface area (Å²) in [5.41, 5.74) is 6.25. The number of methoxy groups -OCH3 is 1. The molecule has 2 fully saturated rings. The molecule has 9 nitrogen and oxygen atoms in total. The second kappa shape index (κ2) is 14.1. The van der Waals surface area contributed by atoms with E-state index in [4.69, 9.17) is 9.72 Å². The molecule has 0 saturated carbocycles. The lowest BCUT2D eigenvalue weighted by Gasteiger charge is -2.43. The maximum atomic E-state index is 13.3. The monoisotopic (exact) mass is 631 g/mol. The third-order valence-corrected chi connectivity index (χ3v) is 10.9. The standard InChI is InChI=1S/C34H51BN7O2P/c1-8-24-19-29(31(44-5)21-30(24)42-13-11-26(12-14-42)41-17-15-40(4)16-18-41)38-34-36-22-27(35)33(39-34)37-28-10-9-25(23(2)3)20-32(28)45(6,7)43/h9-10,19-23,26H,8,11-18,35H2,1-7H3,(H2,36,37,38,39). The Bertz CT molecular complexity index is 1530. The van der Waals surface area contributed by atoms with Gasteiger partial charge < -0.3 is 29.7 Å². The van der Waals surface area contributed by atoms with Crippen molar-refractivity contribution in [2.24, 2.45) is 0 Å². The molecule has 1 aromatic heterocycles. The fourth-order valence-corrected chi connectivity index (χ4v) is 7.62. The van der Waals surface area contributed by atoms with Crippen LogP contribution in [0.15, 0.2) is 36.5 Å². The Hall–Kier alpha value is -3.07. The predicted octanol–water partition coefficient (Wildman–Crippen LogP) is 4.38.